The molecular formula is C22H23N3O6S. The van der Waals surface area contributed by atoms with Gasteiger partial charge in [0.05, 0.1) is 4.90 Å². The summed E-state index contributed by atoms with van der Waals surface area (Å²) in [5, 5.41) is 0. The molecule has 2 aliphatic heterocycles. The zero-order valence-electron chi connectivity index (χ0n) is 17.4. The van der Waals surface area contributed by atoms with Gasteiger partial charge in [0, 0.05) is 45.1 Å². The van der Waals surface area contributed by atoms with Crippen molar-refractivity contribution in [3.8, 4) is 11.5 Å². The van der Waals surface area contributed by atoms with Crippen molar-refractivity contribution in [2.24, 2.45) is 0 Å². The molecule has 1 aromatic heterocycles. The van der Waals surface area contributed by atoms with Crippen LogP contribution in [-0.4, -0.2) is 67.9 Å². The minimum absolute atomic E-state index is 0.0383. The molecule has 10 heteroatoms. The third kappa shape index (κ3) is 4.03. The Balaban J connectivity index is 1.18. The molecule has 32 heavy (non-hydrogen) atoms. The summed E-state index contributed by atoms with van der Waals surface area (Å²) in [5.41, 5.74) is 1.47. The molecule has 0 atom stereocenters. The predicted molar refractivity (Wildman–Crippen MR) is 115 cm³/mol. The second-order valence-corrected chi connectivity index (χ2v) is 9.60. The lowest BCUT2D eigenvalue weighted by molar-refractivity contribution is -0.132. The average molecular weight is 458 g/mol. The van der Waals surface area contributed by atoms with Gasteiger partial charge in [-0.15, -0.1) is 0 Å². The highest BCUT2D eigenvalue weighted by Crippen LogP contribution is 2.33. The summed E-state index contributed by atoms with van der Waals surface area (Å²) >= 11 is 0. The summed E-state index contributed by atoms with van der Waals surface area (Å²) in [5.74, 6) is 1.47. The van der Waals surface area contributed by atoms with Crippen LogP contribution in [-0.2, 0) is 21.2 Å². The van der Waals surface area contributed by atoms with Gasteiger partial charge < -0.3 is 18.8 Å². The van der Waals surface area contributed by atoms with Crippen molar-refractivity contribution in [2.75, 3.05) is 39.4 Å². The largest absolute Gasteiger partial charge is 0.486 e. The fourth-order valence-electron chi connectivity index (χ4n) is 3.91. The highest BCUT2D eigenvalue weighted by Gasteiger charge is 2.31. The van der Waals surface area contributed by atoms with Crippen LogP contribution in [0.2, 0.25) is 0 Å². The standard InChI is InChI=1S/C22H23N3O6S/c26-22(8-7-21-23-17-3-1-2-4-18(17)31-21)24-9-11-25(12-10-24)32(27,28)16-5-6-19-20(15-16)30-14-13-29-19/h1-6,15H,7-14H2. The van der Waals surface area contributed by atoms with Crippen molar-refractivity contribution in [3.63, 3.8) is 0 Å². The second kappa shape index (κ2) is 8.44. The van der Waals surface area contributed by atoms with Crippen LogP contribution in [0.1, 0.15) is 12.3 Å². The highest BCUT2D eigenvalue weighted by atomic mass is 32.2. The molecule has 0 N–H and O–H groups in total. The van der Waals surface area contributed by atoms with Gasteiger partial charge in [0.25, 0.3) is 0 Å². The van der Waals surface area contributed by atoms with Crippen molar-refractivity contribution in [2.45, 2.75) is 17.7 Å². The third-order valence-electron chi connectivity index (χ3n) is 5.63. The lowest BCUT2D eigenvalue weighted by Crippen LogP contribution is -2.50. The molecule has 9 nitrogen and oxygen atoms in total. The van der Waals surface area contributed by atoms with Gasteiger partial charge in [0.15, 0.2) is 23.0 Å². The molecule has 0 unspecified atom stereocenters. The lowest BCUT2D eigenvalue weighted by atomic mass is 10.2. The van der Waals surface area contributed by atoms with Crippen molar-refractivity contribution in [1.29, 1.82) is 0 Å². The number of piperazine rings is 1. The molecule has 0 bridgehead atoms. The number of aryl methyl sites for hydroxylation is 1. The first-order valence-electron chi connectivity index (χ1n) is 10.5. The van der Waals surface area contributed by atoms with Crippen molar-refractivity contribution in [3.05, 3.63) is 48.4 Å². The molecule has 0 radical (unpaired) electrons. The van der Waals surface area contributed by atoms with Crippen LogP contribution in [0, 0.1) is 0 Å². The van der Waals surface area contributed by atoms with E-state index in [0.717, 1.165) is 5.52 Å². The minimum atomic E-state index is -3.68. The first-order chi connectivity index (χ1) is 15.5. The predicted octanol–water partition coefficient (Wildman–Crippen LogP) is 2.06. The summed E-state index contributed by atoms with van der Waals surface area (Å²) < 4.78 is 44.1. The maximum Gasteiger partial charge on any atom is 0.243 e. The normalized spacial score (nSPS) is 16.9. The van der Waals surface area contributed by atoms with Gasteiger partial charge in [-0.05, 0) is 24.3 Å². The number of para-hydroxylation sites is 2. The van der Waals surface area contributed by atoms with E-state index >= 15 is 0 Å². The molecule has 1 saturated heterocycles. The number of fused-ring (bicyclic) bond motifs is 2. The molecule has 0 saturated carbocycles. The van der Waals surface area contributed by atoms with Crippen molar-refractivity contribution in [1.82, 2.24) is 14.2 Å². The minimum Gasteiger partial charge on any atom is -0.486 e. The Bertz CT molecular complexity index is 1210. The van der Waals surface area contributed by atoms with Crippen LogP contribution in [0.5, 0.6) is 11.5 Å². The number of hydrogen-bond donors (Lipinski definition) is 0. The first kappa shape index (κ1) is 20.8. The first-order valence-corrected chi connectivity index (χ1v) is 12.0. The van der Waals surface area contributed by atoms with Crippen LogP contribution in [0.4, 0.5) is 0 Å². The van der Waals surface area contributed by atoms with Crippen LogP contribution in [0.3, 0.4) is 0 Å². The van der Waals surface area contributed by atoms with Gasteiger partial charge >= 0.3 is 0 Å². The van der Waals surface area contributed by atoms with Crippen LogP contribution in [0.15, 0.2) is 51.8 Å². The number of amides is 1. The maximum absolute atomic E-state index is 13.1. The van der Waals surface area contributed by atoms with E-state index in [1.54, 1.807) is 11.0 Å². The molecule has 3 aromatic rings. The number of carbonyl (C=O) groups excluding carboxylic acids is 1. The molecular weight excluding hydrogens is 434 g/mol. The molecule has 1 amide bonds. The molecule has 0 spiro atoms. The van der Waals surface area contributed by atoms with Crippen LogP contribution < -0.4 is 9.47 Å². The van der Waals surface area contributed by atoms with E-state index in [1.165, 1.54) is 16.4 Å². The number of aromatic nitrogens is 1. The summed E-state index contributed by atoms with van der Waals surface area (Å²) in [7, 11) is -3.68. The topological polar surface area (TPSA) is 102 Å². The fraction of sp³-hybridized carbons (Fsp3) is 0.364. The van der Waals surface area contributed by atoms with E-state index in [4.69, 9.17) is 13.9 Å². The number of carbonyl (C=O) groups is 1. The summed E-state index contributed by atoms with van der Waals surface area (Å²) in [6.07, 6.45) is 0.672. The molecule has 2 aliphatic rings. The summed E-state index contributed by atoms with van der Waals surface area (Å²) in [6.45, 7) is 2.01. The van der Waals surface area contributed by atoms with Gasteiger partial charge in [-0.3, -0.25) is 4.79 Å². The van der Waals surface area contributed by atoms with E-state index in [2.05, 4.69) is 4.98 Å². The smallest absolute Gasteiger partial charge is 0.243 e. The van der Waals surface area contributed by atoms with E-state index in [9.17, 15) is 13.2 Å². The zero-order valence-corrected chi connectivity index (χ0v) is 18.2. The van der Waals surface area contributed by atoms with E-state index in [1.807, 2.05) is 24.3 Å². The van der Waals surface area contributed by atoms with Crippen LogP contribution >= 0.6 is 0 Å². The van der Waals surface area contributed by atoms with E-state index < -0.39 is 10.0 Å². The Labute approximate surface area is 185 Å². The van der Waals surface area contributed by atoms with Crippen LogP contribution in [0.25, 0.3) is 11.1 Å². The van der Waals surface area contributed by atoms with Crippen molar-refractivity contribution >= 4 is 27.0 Å². The number of oxazole rings is 1. The SMILES string of the molecule is O=C(CCc1nc2ccccc2o1)N1CCN(S(=O)(=O)c2ccc3c(c2)OCCO3)CC1. The summed E-state index contributed by atoms with van der Waals surface area (Å²) in [6, 6.07) is 12.1. The van der Waals surface area contributed by atoms with Crippen molar-refractivity contribution < 1.29 is 27.1 Å². The van der Waals surface area contributed by atoms with Gasteiger partial charge in [-0.2, -0.15) is 4.31 Å². The van der Waals surface area contributed by atoms with Gasteiger partial charge in [0.1, 0.15) is 18.7 Å². The summed E-state index contributed by atoms with van der Waals surface area (Å²) in [4.78, 5) is 18.9. The second-order valence-electron chi connectivity index (χ2n) is 7.67. The highest BCUT2D eigenvalue weighted by molar-refractivity contribution is 7.89. The van der Waals surface area contributed by atoms with Gasteiger partial charge in [0.2, 0.25) is 15.9 Å². The Morgan fingerprint density at radius 1 is 0.969 bits per heavy atom. The molecule has 168 valence electrons. The number of nitrogens with zero attached hydrogens (tertiary/aromatic N) is 3. The van der Waals surface area contributed by atoms with E-state index in [-0.39, 0.29) is 30.3 Å². The lowest BCUT2D eigenvalue weighted by Gasteiger charge is -2.34. The average Bonchev–Trinajstić information content (AvgIpc) is 3.25. The van der Waals surface area contributed by atoms with Gasteiger partial charge in [-0.25, -0.2) is 13.4 Å². The Hall–Kier alpha value is -3.11. The quantitative estimate of drug-likeness (QED) is 0.578. The Morgan fingerprint density at radius 3 is 2.50 bits per heavy atom. The monoisotopic (exact) mass is 457 g/mol. The molecule has 3 heterocycles. The molecule has 2 aromatic carbocycles. The molecule has 5 rings (SSSR count). The fourth-order valence-corrected chi connectivity index (χ4v) is 5.35. The number of hydrogen-bond acceptors (Lipinski definition) is 7. The Kier molecular flexibility index (Phi) is 5.48. The number of ether oxygens (including phenoxy) is 2. The van der Waals surface area contributed by atoms with Gasteiger partial charge in [-0.1, -0.05) is 12.1 Å². The number of benzene rings is 2. The molecule has 0 aliphatic carbocycles. The third-order valence-corrected chi connectivity index (χ3v) is 7.53. The number of sulfonamides is 1. The Morgan fingerprint density at radius 2 is 1.72 bits per heavy atom. The maximum atomic E-state index is 13.1. The van der Waals surface area contributed by atoms with E-state index in [0.29, 0.717) is 55.7 Å². The zero-order chi connectivity index (χ0) is 22.1. The number of rotatable bonds is 5. The molecule has 1 fully saturated rings.